The molecular weight excluding hydrogens is 521 g/mol. The van der Waals surface area contributed by atoms with Crippen LogP contribution in [0, 0.1) is 24.6 Å². The van der Waals surface area contributed by atoms with Gasteiger partial charge in [0.2, 0.25) is 5.91 Å². The first-order valence-corrected chi connectivity index (χ1v) is 14.3. The molecule has 1 amide bonds. The smallest absolute Gasteiger partial charge is 0.225 e. The number of nitrogens with zero attached hydrogens (tertiary/aromatic N) is 6. The highest BCUT2D eigenvalue weighted by atomic mass is 19.1. The Morgan fingerprint density at radius 2 is 1.95 bits per heavy atom. The lowest BCUT2D eigenvalue weighted by Gasteiger charge is -2.33. The number of amides is 1. The number of pyridine rings is 2. The highest BCUT2D eigenvalue weighted by Gasteiger charge is 2.33. The van der Waals surface area contributed by atoms with Gasteiger partial charge in [-0.25, -0.2) is 14.1 Å². The summed E-state index contributed by atoms with van der Waals surface area (Å²) in [6, 6.07) is 12.5. The van der Waals surface area contributed by atoms with Crippen LogP contribution >= 0.6 is 0 Å². The third kappa shape index (κ3) is 4.76. The Hall–Kier alpha value is -4.18. The second kappa shape index (κ2) is 10.3. The summed E-state index contributed by atoms with van der Waals surface area (Å²) < 4.78 is 25.2. The van der Waals surface area contributed by atoms with Crippen molar-refractivity contribution in [1.29, 1.82) is 0 Å². The van der Waals surface area contributed by atoms with Gasteiger partial charge in [0.25, 0.3) is 0 Å². The maximum absolute atomic E-state index is 15.6. The minimum absolute atomic E-state index is 0.0308. The number of nitrogens with one attached hydrogen (secondary N) is 1. The molecule has 41 heavy (non-hydrogen) atoms. The summed E-state index contributed by atoms with van der Waals surface area (Å²) >= 11 is 0. The number of aryl methyl sites for hydroxylation is 2. The first-order chi connectivity index (χ1) is 20.0. The number of aromatic nitrogens is 6. The van der Waals surface area contributed by atoms with E-state index < -0.39 is 0 Å². The van der Waals surface area contributed by atoms with E-state index in [1.807, 2.05) is 44.4 Å². The van der Waals surface area contributed by atoms with Crippen LogP contribution in [0.15, 0.2) is 48.7 Å². The summed E-state index contributed by atoms with van der Waals surface area (Å²) in [5.41, 5.74) is 5.40. The van der Waals surface area contributed by atoms with Gasteiger partial charge in [0.15, 0.2) is 0 Å². The van der Waals surface area contributed by atoms with Crippen LogP contribution in [-0.2, 0) is 16.6 Å². The Morgan fingerprint density at radius 1 is 1.15 bits per heavy atom. The van der Waals surface area contributed by atoms with Gasteiger partial charge in [-0.2, -0.15) is 0 Å². The van der Waals surface area contributed by atoms with Gasteiger partial charge < -0.3 is 14.6 Å². The van der Waals surface area contributed by atoms with E-state index >= 15 is 4.39 Å². The van der Waals surface area contributed by atoms with E-state index in [9.17, 15) is 4.79 Å². The van der Waals surface area contributed by atoms with Gasteiger partial charge in [0, 0.05) is 49.4 Å². The molecule has 5 aromatic rings. The molecule has 1 aromatic carbocycles. The SMILES string of the molecule is Cc1nnn(C)c1-c1cnc2c3ccc(NC(=O)CC4CC4)nc3n([C@H](c3ccccc3F)C3CCOCC3)c2c1. The number of halogens is 1. The van der Waals surface area contributed by atoms with Crippen molar-refractivity contribution in [2.45, 2.75) is 45.1 Å². The van der Waals surface area contributed by atoms with Crippen LogP contribution in [0.25, 0.3) is 33.3 Å². The topological polar surface area (TPSA) is 99.8 Å². The molecule has 5 heterocycles. The summed E-state index contributed by atoms with van der Waals surface area (Å²) in [5.74, 6) is 0.772. The molecule has 1 aliphatic carbocycles. The van der Waals surface area contributed by atoms with Crippen molar-refractivity contribution in [3.63, 3.8) is 0 Å². The summed E-state index contributed by atoms with van der Waals surface area (Å²) in [7, 11) is 1.86. The summed E-state index contributed by atoms with van der Waals surface area (Å²) in [6.07, 6.45) is 6.11. The maximum atomic E-state index is 15.6. The van der Waals surface area contributed by atoms with Crippen LogP contribution < -0.4 is 5.32 Å². The van der Waals surface area contributed by atoms with E-state index in [1.165, 1.54) is 6.07 Å². The number of hydrogen-bond acceptors (Lipinski definition) is 6. The first-order valence-electron chi connectivity index (χ1n) is 14.3. The van der Waals surface area contributed by atoms with E-state index in [4.69, 9.17) is 14.7 Å². The van der Waals surface area contributed by atoms with E-state index in [2.05, 4.69) is 26.3 Å². The molecule has 1 atom stereocenters. The second-order valence-electron chi connectivity index (χ2n) is 11.3. The lowest BCUT2D eigenvalue weighted by atomic mass is 9.86. The molecule has 9 nitrogen and oxygen atoms in total. The van der Waals surface area contributed by atoms with Crippen LogP contribution in [0.5, 0.6) is 0 Å². The molecule has 2 fully saturated rings. The zero-order chi connectivity index (χ0) is 28.1. The van der Waals surface area contributed by atoms with E-state index in [0.717, 1.165) is 59.1 Å². The number of carbonyl (C=O) groups is 1. The molecular formula is C31H32FN7O2. The van der Waals surface area contributed by atoms with E-state index in [-0.39, 0.29) is 23.7 Å². The molecule has 0 bridgehead atoms. The normalized spacial score (nSPS) is 16.9. The number of hydrogen-bond donors (Lipinski definition) is 1. The quantitative estimate of drug-likeness (QED) is 0.282. The lowest BCUT2D eigenvalue weighted by molar-refractivity contribution is -0.116. The van der Waals surface area contributed by atoms with Crippen molar-refractivity contribution >= 4 is 33.8 Å². The van der Waals surface area contributed by atoms with Crippen molar-refractivity contribution in [3.05, 3.63) is 65.7 Å². The minimum Gasteiger partial charge on any atom is -0.381 e. The molecule has 10 heteroatoms. The summed E-state index contributed by atoms with van der Waals surface area (Å²) in [6.45, 7) is 3.16. The standard InChI is InChI=1S/C31H32FN7O2/c1-18-29(38(2)37-36-18)21-16-25-28(33-17-21)23-9-10-26(34-27(40)15-19-7-8-19)35-31(23)39(25)30(20-11-13-41-14-12-20)22-5-3-4-6-24(22)32/h3-6,9-10,16-17,19-20,30H,7-8,11-15H2,1-2H3,(H,34,35,40)/t30-/m0/s1. The molecule has 2 aliphatic rings. The predicted molar refractivity (Wildman–Crippen MR) is 154 cm³/mol. The monoisotopic (exact) mass is 553 g/mol. The highest BCUT2D eigenvalue weighted by Crippen LogP contribution is 2.42. The van der Waals surface area contributed by atoms with Gasteiger partial charge >= 0.3 is 0 Å². The number of benzene rings is 1. The molecule has 1 aliphatic heterocycles. The Labute approximate surface area is 236 Å². The molecule has 4 aromatic heterocycles. The summed E-state index contributed by atoms with van der Waals surface area (Å²) in [4.78, 5) is 22.6. The minimum atomic E-state index is -0.354. The molecule has 210 valence electrons. The van der Waals surface area contributed by atoms with E-state index in [0.29, 0.717) is 42.6 Å². The zero-order valence-corrected chi connectivity index (χ0v) is 23.2. The van der Waals surface area contributed by atoms with Gasteiger partial charge in [-0.15, -0.1) is 5.10 Å². The molecule has 1 saturated heterocycles. The third-order valence-corrected chi connectivity index (χ3v) is 8.41. The fraction of sp³-hybridized carbons (Fsp3) is 0.387. The fourth-order valence-electron chi connectivity index (χ4n) is 6.24. The fourth-order valence-corrected chi connectivity index (χ4v) is 6.24. The molecule has 0 unspecified atom stereocenters. The average Bonchev–Trinajstić information content (AvgIpc) is 3.65. The summed E-state index contributed by atoms with van der Waals surface area (Å²) in [5, 5.41) is 12.3. The highest BCUT2D eigenvalue weighted by molar-refractivity contribution is 6.06. The van der Waals surface area contributed by atoms with Crippen molar-refractivity contribution in [2.24, 2.45) is 18.9 Å². The van der Waals surface area contributed by atoms with Crippen LogP contribution in [0.3, 0.4) is 0 Å². The second-order valence-corrected chi connectivity index (χ2v) is 11.3. The number of carbonyl (C=O) groups excluding carboxylic acids is 1. The van der Waals surface area contributed by atoms with E-state index in [1.54, 1.807) is 10.7 Å². The predicted octanol–water partition coefficient (Wildman–Crippen LogP) is 5.58. The molecule has 1 N–H and O–H groups in total. The Morgan fingerprint density at radius 3 is 2.68 bits per heavy atom. The number of anilines is 1. The van der Waals surface area contributed by atoms with Crippen LogP contribution in [-0.4, -0.2) is 48.6 Å². The van der Waals surface area contributed by atoms with Gasteiger partial charge in [-0.05, 0) is 68.7 Å². The average molecular weight is 554 g/mol. The lowest BCUT2D eigenvalue weighted by Crippen LogP contribution is -2.27. The molecule has 0 radical (unpaired) electrons. The number of rotatable bonds is 7. The molecule has 7 rings (SSSR count). The largest absolute Gasteiger partial charge is 0.381 e. The number of ether oxygens (including phenoxy) is 1. The molecule has 1 saturated carbocycles. The van der Waals surface area contributed by atoms with Crippen LogP contribution in [0.4, 0.5) is 10.2 Å². The van der Waals surface area contributed by atoms with Crippen molar-refractivity contribution < 1.29 is 13.9 Å². The van der Waals surface area contributed by atoms with Crippen molar-refractivity contribution in [3.8, 4) is 11.3 Å². The van der Waals surface area contributed by atoms with Gasteiger partial charge in [-0.1, -0.05) is 23.4 Å². The number of fused-ring (bicyclic) bond motifs is 3. The molecule has 0 spiro atoms. The van der Waals surface area contributed by atoms with Crippen molar-refractivity contribution in [1.82, 2.24) is 29.5 Å². The first kappa shape index (κ1) is 25.8. The van der Waals surface area contributed by atoms with Gasteiger partial charge in [-0.3, -0.25) is 9.78 Å². The van der Waals surface area contributed by atoms with Crippen molar-refractivity contribution in [2.75, 3.05) is 18.5 Å². The third-order valence-electron chi connectivity index (χ3n) is 8.41. The maximum Gasteiger partial charge on any atom is 0.225 e. The Bertz CT molecular complexity index is 1750. The van der Waals surface area contributed by atoms with Gasteiger partial charge in [0.05, 0.1) is 28.5 Å². The van der Waals surface area contributed by atoms with Crippen LogP contribution in [0.2, 0.25) is 0 Å². The Balaban J connectivity index is 1.47. The van der Waals surface area contributed by atoms with Crippen LogP contribution in [0.1, 0.15) is 49.4 Å². The van der Waals surface area contributed by atoms with Gasteiger partial charge in [0.1, 0.15) is 17.3 Å². The zero-order valence-electron chi connectivity index (χ0n) is 23.2. The Kier molecular flexibility index (Phi) is 6.50.